The second-order valence-electron chi connectivity index (χ2n) is 11.0. The molecule has 7 rings (SSSR count). The lowest BCUT2D eigenvalue weighted by molar-refractivity contribution is 0.0964. The molecule has 4 aromatic carbocycles. The van der Waals surface area contributed by atoms with Gasteiger partial charge in [-0.25, -0.2) is 12.8 Å². The highest BCUT2D eigenvalue weighted by molar-refractivity contribution is 7.92. The van der Waals surface area contributed by atoms with E-state index in [0.717, 1.165) is 33.3 Å². The average molecular weight is 645 g/mol. The highest BCUT2D eigenvalue weighted by Gasteiger charge is 2.25. The third-order valence-corrected chi connectivity index (χ3v) is 9.44. The first-order chi connectivity index (χ1) is 22.8. The van der Waals surface area contributed by atoms with Crippen LogP contribution in [0.25, 0.3) is 66.7 Å². The van der Waals surface area contributed by atoms with Crippen molar-refractivity contribution >= 4 is 43.5 Å². The van der Waals surface area contributed by atoms with Gasteiger partial charge in [-0.3, -0.25) is 14.5 Å². The molecule has 3 heterocycles. The first kappa shape index (κ1) is 29.9. The zero-order valence-electron chi connectivity index (χ0n) is 25.5. The number of anilines is 1. The molecule has 47 heavy (non-hydrogen) atoms. The van der Waals surface area contributed by atoms with Gasteiger partial charge in [0.2, 0.25) is 10.0 Å². The highest BCUT2D eigenvalue weighted by Crippen LogP contribution is 2.43. The van der Waals surface area contributed by atoms with Crippen LogP contribution in [0.5, 0.6) is 0 Å². The van der Waals surface area contributed by atoms with Crippen LogP contribution in [0.2, 0.25) is 0 Å². The van der Waals surface area contributed by atoms with Gasteiger partial charge in [0.1, 0.15) is 17.2 Å². The van der Waals surface area contributed by atoms with E-state index in [2.05, 4.69) is 26.1 Å². The Balaban J connectivity index is 1.47. The number of sulfonamides is 1. The van der Waals surface area contributed by atoms with Crippen molar-refractivity contribution in [3.05, 3.63) is 121 Å². The van der Waals surface area contributed by atoms with Crippen LogP contribution in [0.3, 0.4) is 0 Å². The number of benzene rings is 4. The fraction of sp³-hybridized carbons (Fsp3) is 0.0811. The highest BCUT2D eigenvalue weighted by atomic mass is 32.2. The lowest BCUT2D eigenvalue weighted by atomic mass is 9.95. The number of fused-ring (bicyclic) bond motifs is 2. The maximum absolute atomic E-state index is 13.8. The van der Waals surface area contributed by atoms with Crippen LogP contribution in [0.1, 0.15) is 17.3 Å². The number of nitrogens with zero attached hydrogens (tertiary/aromatic N) is 1. The maximum atomic E-state index is 13.8. The van der Waals surface area contributed by atoms with Gasteiger partial charge in [-0.2, -0.15) is 0 Å². The Morgan fingerprint density at radius 1 is 0.872 bits per heavy atom. The van der Waals surface area contributed by atoms with Gasteiger partial charge in [-0.05, 0) is 66.6 Å². The Kier molecular flexibility index (Phi) is 7.57. The summed E-state index contributed by atoms with van der Waals surface area (Å²) < 4.78 is 48.5. The number of carbonyl (C=O) groups excluding carboxylic acids is 1. The minimum Gasteiger partial charge on any atom is -0.455 e. The molecule has 0 aliphatic carbocycles. The second-order valence-corrected chi connectivity index (χ2v) is 13.0. The quantitative estimate of drug-likeness (QED) is 0.154. The summed E-state index contributed by atoms with van der Waals surface area (Å²) in [6.45, 7) is 1.56. The molecular formula is C37H29FN4O4S. The third-order valence-electron chi connectivity index (χ3n) is 8.15. The summed E-state index contributed by atoms with van der Waals surface area (Å²) in [6.07, 6.45) is 3.56. The average Bonchev–Trinajstić information content (AvgIpc) is 3.67. The van der Waals surface area contributed by atoms with Gasteiger partial charge in [-0.15, -0.1) is 0 Å². The molecule has 234 valence electrons. The largest absolute Gasteiger partial charge is 0.455 e. The predicted molar refractivity (Wildman–Crippen MR) is 184 cm³/mol. The molecule has 1 amide bonds. The molecule has 3 aromatic heterocycles. The number of hydrogen-bond acceptors (Lipinski definition) is 5. The van der Waals surface area contributed by atoms with Crippen molar-refractivity contribution in [2.45, 2.75) is 6.92 Å². The molecule has 0 radical (unpaired) electrons. The Morgan fingerprint density at radius 3 is 2.38 bits per heavy atom. The van der Waals surface area contributed by atoms with Crippen LogP contribution >= 0.6 is 0 Å². The number of aromatic nitrogens is 2. The van der Waals surface area contributed by atoms with E-state index < -0.39 is 21.7 Å². The van der Waals surface area contributed by atoms with Gasteiger partial charge < -0.3 is 14.7 Å². The molecule has 0 unspecified atom stereocenters. The SMILES string of the molecule is CCS(=O)(=O)Nc1cc2oc(-c3ccc(F)cc3)c(C(=O)NC)c2cc1-c1cccc(-c2[nH]c3ccccc3c2-c2cccnc2)c1. The fourth-order valence-corrected chi connectivity index (χ4v) is 6.52. The summed E-state index contributed by atoms with van der Waals surface area (Å²) in [4.78, 5) is 21.2. The summed E-state index contributed by atoms with van der Waals surface area (Å²) in [5.74, 6) is -0.722. The molecule has 0 bridgehead atoms. The zero-order valence-corrected chi connectivity index (χ0v) is 26.3. The van der Waals surface area contributed by atoms with Crippen molar-refractivity contribution in [1.82, 2.24) is 15.3 Å². The van der Waals surface area contributed by atoms with E-state index in [1.54, 1.807) is 25.3 Å². The Bertz CT molecular complexity index is 2400. The molecule has 0 saturated carbocycles. The summed E-state index contributed by atoms with van der Waals surface area (Å²) in [5.41, 5.74) is 7.26. The molecule has 3 N–H and O–H groups in total. The Hall–Kier alpha value is -5.74. The van der Waals surface area contributed by atoms with E-state index in [1.165, 1.54) is 31.3 Å². The number of amides is 1. The summed E-state index contributed by atoms with van der Waals surface area (Å²) in [6, 6.07) is 28.7. The van der Waals surface area contributed by atoms with Crippen molar-refractivity contribution in [2.24, 2.45) is 0 Å². The molecule has 0 aliphatic heterocycles. The molecule has 0 fully saturated rings. The molecule has 7 aromatic rings. The number of rotatable bonds is 8. The molecule has 8 nitrogen and oxygen atoms in total. The lowest BCUT2D eigenvalue weighted by Crippen LogP contribution is -2.18. The zero-order chi connectivity index (χ0) is 32.7. The molecule has 0 aliphatic rings. The number of carbonyl (C=O) groups is 1. The molecular weight excluding hydrogens is 615 g/mol. The minimum absolute atomic E-state index is 0.142. The molecule has 0 saturated heterocycles. The van der Waals surface area contributed by atoms with Crippen LogP contribution in [0, 0.1) is 5.82 Å². The van der Waals surface area contributed by atoms with E-state index in [1.807, 2.05) is 60.8 Å². The van der Waals surface area contributed by atoms with Crippen molar-refractivity contribution in [1.29, 1.82) is 0 Å². The summed E-state index contributed by atoms with van der Waals surface area (Å²) in [7, 11) is -2.18. The number of furan rings is 1. The number of nitrogens with one attached hydrogen (secondary N) is 3. The third kappa shape index (κ3) is 5.53. The van der Waals surface area contributed by atoms with Crippen molar-refractivity contribution in [3.63, 3.8) is 0 Å². The van der Waals surface area contributed by atoms with Crippen LogP contribution in [0.15, 0.2) is 114 Å². The smallest absolute Gasteiger partial charge is 0.255 e. The van der Waals surface area contributed by atoms with Crippen molar-refractivity contribution in [3.8, 4) is 44.8 Å². The minimum atomic E-state index is -3.70. The second kappa shape index (κ2) is 11.9. The van der Waals surface area contributed by atoms with E-state index in [-0.39, 0.29) is 17.1 Å². The maximum Gasteiger partial charge on any atom is 0.255 e. The normalized spacial score (nSPS) is 11.6. The van der Waals surface area contributed by atoms with Gasteiger partial charge in [0.15, 0.2) is 0 Å². The number of pyridine rings is 1. The Morgan fingerprint density at radius 2 is 1.64 bits per heavy atom. The first-order valence-corrected chi connectivity index (χ1v) is 16.6. The number of para-hydroxylation sites is 1. The number of H-pyrrole nitrogens is 1. The van der Waals surface area contributed by atoms with Gasteiger partial charge in [0.05, 0.1) is 22.7 Å². The van der Waals surface area contributed by atoms with E-state index >= 15 is 0 Å². The van der Waals surface area contributed by atoms with Crippen LogP contribution in [-0.2, 0) is 10.0 Å². The lowest BCUT2D eigenvalue weighted by Gasteiger charge is -2.14. The number of halogens is 1. The Labute approximate surface area is 270 Å². The number of aromatic amines is 1. The van der Waals surface area contributed by atoms with E-state index in [0.29, 0.717) is 33.3 Å². The topological polar surface area (TPSA) is 117 Å². The standard InChI is InChI=1S/C37H29FN4O4S/c1-3-47(44,45)42-31-20-32-29(34(37(43)39-2)36(46-32)22-13-15-26(38)16-14-22)19-28(31)23-8-6-9-24(18-23)35-33(25-10-7-17-40-21-25)27-11-4-5-12-30(27)41-35/h4-21,41-42H,3H2,1-2H3,(H,39,43). The summed E-state index contributed by atoms with van der Waals surface area (Å²) >= 11 is 0. The predicted octanol–water partition coefficient (Wildman–Crippen LogP) is 8.24. The monoisotopic (exact) mass is 644 g/mol. The number of hydrogen-bond donors (Lipinski definition) is 3. The molecule has 0 atom stereocenters. The van der Waals surface area contributed by atoms with Crippen LogP contribution in [0.4, 0.5) is 10.1 Å². The van der Waals surface area contributed by atoms with Gasteiger partial charge in [0.25, 0.3) is 5.91 Å². The fourth-order valence-electron chi connectivity index (χ4n) is 5.87. The first-order valence-electron chi connectivity index (χ1n) is 15.0. The van der Waals surface area contributed by atoms with Crippen molar-refractivity contribution in [2.75, 3.05) is 17.5 Å². The van der Waals surface area contributed by atoms with Gasteiger partial charge in [-0.1, -0.05) is 42.5 Å². The van der Waals surface area contributed by atoms with Crippen LogP contribution in [-0.4, -0.2) is 37.1 Å². The van der Waals surface area contributed by atoms with Gasteiger partial charge in [0, 0.05) is 64.1 Å². The molecule has 10 heteroatoms. The van der Waals surface area contributed by atoms with Gasteiger partial charge >= 0.3 is 0 Å². The van der Waals surface area contributed by atoms with E-state index in [9.17, 15) is 17.6 Å². The summed E-state index contributed by atoms with van der Waals surface area (Å²) in [5, 5.41) is 4.19. The van der Waals surface area contributed by atoms with E-state index in [4.69, 9.17) is 4.42 Å². The van der Waals surface area contributed by atoms with Crippen LogP contribution < -0.4 is 10.0 Å². The molecule has 0 spiro atoms. The van der Waals surface area contributed by atoms with Crippen molar-refractivity contribution < 1.29 is 22.0 Å².